The Kier molecular flexibility index (Phi) is 6.12. The molecule has 0 aliphatic heterocycles. The van der Waals surface area contributed by atoms with E-state index in [1.807, 2.05) is 18.2 Å². The maximum Gasteiger partial charge on any atom is 0.133 e. The van der Waals surface area contributed by atoms with Crippen LogP contribution in [0.2, 0.25) is 0 Å². The minimum Gasteiger partial charge on any atom is -0.496 e. The van der Waals surface area contributed by atoms with Crippen molar-refractivity contribution in [3.8, 4) is 5.75 Å². The molecule has 102 valence electrons. The van der Waals surface area contributed by atoms with Crippen LogP contribution in [0.15, 0.2) is 22.7 Å². The summed E-state index contributed by atoms with van der Waals surface area (Å²) in [7, 11) is 3.37. The molecule has 0 heterocycles. The summed E-state index contributed by atoms with van der Waals surface area (Å²) in [6.07, 6.45) is 0.866. The standard InChI is InChI=1S/C14H22BrNO2/c1-9(2)14(18-4)12(16)8-10-5-6-13(17-3)11(15)7-10/h5-7,9,12,14H,8,16H2,1-4H3. The average molecular weight is 316 g/mol. The third-order valence-electron chi connectivity index (χ3n) is 3.04. The van der Waals surface area contributed by atoms with Gasteiger partial charge in [-0.2, -0.15) is 0 Å². The molecule has 0 aliphatic carbocycles. The second-order valence-electron chi connectivity index (χ2n) is 4.78. The van der Waals surface area contributed by atoms with Crippen molar-refractivity contribution < 1.29 is 9.47 Å². The molecule has 2 atom stereocenters. The molecule has 0 aromatic heterocycles. The summed E-state index contributed by atoms with van der Waals surface area (Å²) in [4.78, 5) is 0. The highest BCUT2D eigenvalue weighted by atomic mass is 79.9. The van der Waals surface area contributed by atoms with Gasteiger partial charge in [0, 0.05) is 13.2 Å². The van der Waals surface area contributed by atoms with E-state index in [4.69, 9.17) is 15.2 Å². The number of nitrogens with two attached hydrogens (primary N) is 1. The number of halogens is 1. The Labute approximate surface area is 118 Å². The Morgan fingerprint density at radius 1 is 1.28 bits per heavy atom. The normalized spacial score (nSPS) is 14.6. The van der Waals surface area contributed by atoms with Crippen LogP contribution in [0.3, 0.4) is 0 Å². The van der Waals surface area contributed by atoms with Crippen LogP contribution >= 0.6 is 15.9 Å². The first-order valence-corrected chi connectivity index (χ1v) is 6.89. The molecule has 1 aromatic carbocycles. The van der Waals surface area contributed by atoms with Gasteiger partial charge in [0.25, 0.3) is 0 Å². The van der Waals surface area contributed by atoms with Crippen molar-refractivity contribution in [3.05, 3.63) is 28.2 Å². The molecule has 0 saturated carbocycles. The summed E-state index contributed by atoms with van der Waals surface area (Å²) >= 11 is 3.48. The summed E-state index contributed by atoms with van der Waals surface area (Å²) in [5, 5.41) is 0. The van der Waals surface area contributed by atoms with Crippen LogP contribution in [0.1, 0.15) is 19.4 Å². The molecule has 0 fully saturated rings. The van der Waals surface area contributed by atoms with Gasteiger partial charge in [0.1, 0.15) is 5.75 Å². The molecule has 4 heteroatoms. The molecule has 1 rings (SSSR count). The molecule has 1 aromatic rings. The largest absolute Gasteiger partial charge is 0.496 e. The Balaban J connectivity index is 2.75. The number of benzene rings is 1. The second kappa shape index (κ2) is 7.12. The van der Waals surface area contributed by atoms with Gasteiger partial charge in [-0.1, -0.05) is 19.9 Å². The van der Waals surface area contributed by atoms with E-state index in [0.29, 0.717) is 5.92 Å². The van der Waals surface area contributed by atoms with Crippen molar-refractivity contribution in [2.45, 2.75) is 32.4 Å². The summed E-state index contributed by atoms with van der Waals surface area (Å²) in [6, 6.07) is 6.03. The molecule has 3 nitrogen and oxygen atoms in total. The molecule has 0 spiro atoms. The summed E-state index contributed by atoms with van der Waals surface area (Å²) in [5.41, 5.74) is 7.39. The third-order valence-corrected chi connectivity index (χ3v) is 3.66. The second-order valence-corrected chi connectivity index (χ2v) is 5.64. The third kappa shape index (κ3) is 3.97. The highest BCUT2D eigenvalue weighted by molar-refractivity contribution is 9.10. The van der Waals surface area contributed by atoms with Crippen LogP contribution in [0.4, 0.5) is 0 Å². The monoisotopic (exact) mass is 315 g/mol. The van der Waals surface area contributed by atoms with E-state index in [1.54, 1.807) is 14.2 Å². The number of methoxy groups -OCH3 is 2. The topological polar surface area (TPSA) is 44.5 Å². The van der Waals surface area contributed by atoms with Gasteiger partial charge in [0.2, 0.25) is 0 Å². The first-order valence-electron chi connectivity index (χ1n) is 6.10. The molecule has 0 saturated heterocycles. The molecular formula is C14H22BrNO2. The zero-order valence-corrected chi connectivity index (χ0v) is 13.0. The van der Waals surface area contributed by atoms with Crippen LogP contribution in [0.5, 0.6) is 5.75 Å². The predicted octanol–water partition coefficient (Wildman–Crippen LogP) is 3.00. The summed E-state index contributed by atoms with van der Waals surface area (Å²) < 4.78 is 11.6. The van der Waals surface area contributed by atoms with Crippen molar-refractivity contribution in [2.24, 2.45) is 11.7 Å². The van der Waals surface area contributed by atoms with E-state index >= 15 is 0 Å². The molecule has 0 amide bonds. The highest BCUT2D eigenvalue weighted by Crippen LogP contribution is 2.26. The molecular weight excluding hydrogens is 294 g/mol. The van der Waals surface area contributed by atoms with E-state index in [9.17, 15) is 0 Å². The Hall–Kier alpha value is -0.580. The number of hydrogen-bond donors (Lipinski definition) is 1. The smallest absolute Gasteiger partial charge is 0.133 e. The summed E-state index contributed by atoms with van der Waals surface area (Å²) in [5.74, 6) is 1.24. The zero-order valence-electron chi connectivity index (χ0n) is 11.4. The van der Waals surface area contributed by atoms with E-state index in [0.717, 1.165) is 16.6 Å². The molecule has 0 aliphatic rings. The Morgan fingerprint density at radius 3 is 2.39 bits per heavy atom. The zero-order chi connectivity index (χ0) is 13.7. The lowest BCUT2D eigenvalue weighted by Crippen LogP contribution is -2.41. The Morgan fingerprint density at radius 2 is 1.94 bits per heavy atom. The van der Waals surface area contributed by atoms with Crippen LogP contribution in [-0.2, 0) is 11.2 Å². The fourth-order valence-electron chi connectivity index (χ4n) is 2.17. The maximum absolute atomic E-state index is 6.21. The van der Waals surface area contributed by atoms with Gasteiger partial charge < -0.3 is 15.2 Å². The fraction of sp³-hybridized carbons (Fsp3) is 0.571. The number of rotatable bonds is 6. The van der Waals surface area contributed by atoms with Gasteiger partial charge in [-0.3, -0.25) is 0 Å². The minimum atomic E-state index is -0.00436. The van der Waals surface area contributed by atoms with E-state index in [-0.39, 0.29) is 12.1 Å². The fourth-order valence-corrected chi connectivity index (χ4v) is 2.75. The lowest BCUT2D eigenvalue weighted by atomic mass is 9.94. The van der Waals surface area contributed by atoms with Crippen molar-refractivity contribution in [1.82, 2.24) is 0 Å². The van der Waals surface area contributed by atoms with Gasteiger partial charge in [0.15, 0.2) is 0 Å². The van der Waals surface area contributed by atoms with Gasteiger partial charge in [0.05, 0.1) is 17.7 Å². The van der Waals surface area contributed by atoms with E-state index in [1.165, 1.54) is 5.56 Å². The number of hydrogen-bond acceptors (Lipinski definition) is 3. The Bertz CT molecular complexity index is 382. The van der Waals surface area contributed by atoms with E-state index in [2.05, 4.69) is 29.8 Å². The van der Waals surface area contributed by atoms with Crippen LogP contribution < -0.4 is 10.5 Å². The quantitative estimate of drug-likeness (QED) is 0.877. The number of ether oxygens (including phenoxy) is 2. The first kappa shape index (κ1) is 15.5. The molecule has 18 heavy (non-hydrogen) atoms. The van der Waals surface area contributed by atoms with Gasteiger partial charge in [-0.25, -0.2) is 0 Å². The van der Waals surface area contributed by atoms with Crippen LogP contribution in [0, 0.1) is 5.92 Å². The van der Waals surface area contributed by atoms with Crippen molar-refractivity contribution >= 4 is 15.9 Å². The van der Waals surface area contributed by atoms with Crippen molar-refractivity contribution in [3.63, 3.8) is 0 Å². The lowest BCUT2D eigenvalue weighted by Gasteiger charge is -2.26. The van der Waals surface area contributed by atoms with Gasteiger partial charge in [-0.15, -0.1) is 0 Å². The highest BCUT2D eigenvalue weighted by Gasteiger charge is 2.21. The maximum atomic E-state index is 6.21. The van der Waals surface area contributed by atoms with Gasteiger partial charge in [-0.05, 0) is 46.0 Å². The van der Waals surface area contributed by atoms with Crippen molar-refractivity contribution in [2.75, 3.05) is 14.2 Å². The van der Waals surface area contributed by atoms with E-state index < -0.39 is 0 Å². The van der Waals surface area contributed by atoms with Crippen LogP contribution in [0.25, 0.3) is 0 Å². The SMILES string of the molecule is COc1ccc(CC(N)C(OC)C(C)C)cc1Br. The van der Waals surface area contributed by atoms with Crippen LogP contribution in [-0.4, -0.2) is 26.4 Å². The molecule has 2 N–H and O–H groups in total. The summed E-state index contributed by atoms with van der Waals surface area (Å²) in [6.45, 7) is 4.25. The average Bonchev–Trinajstić information content (AvgIpc) is 2.29. The lowest BCUT2D eigenvalue weighted by molar-refractivity contribution is 0.0441. The first-order chi connectivity index (χ1) is 8.49. The molecule has 2 unspecified atom stereocenters. The molecule has 0 radical (unpaired) electrons. The molecule has 0 bridgehead atoms. The minimum absolute atomic E-state index is 0.00436. The van der Waals surface area contributed by atoms with Gasteiger partial charge >= 0.3 is 0 Å². The predicted molar refractivity (Wildman–Crippen MR) is 78.0 cm³/mol. The van der Waals surface area contributed by atoms with Crippen molar-refractivity contribution in [1.29, 1.82) is 0 Å².